The number of pyridine rings is 1. The van der Waals surface area contributed by atoms with Gasteiger partial charge in [0.2, 0.25) is 0 Å². The summed E-state index contributed by atoms with van der Waals surface area (Å²) in [5, 5.41) is 2.01. The van der Waals surface area contributed by atoms with Crippen LogP contribution in [0.15, 0.2) is 42.7 Å². The minimum absolute atomic E-state index is 0.0616. The van der Waals surface area contributed by atoms with Gasteiger partial charge >= 0.3 is 0 Å². The van der Waals surface area contributed by atoms with Crippen molar-refractivity contribution in [2.24, 2.45) is 5.92 Å². The van der Waals surface area contributed by atoms with Crippen LogP contribution in [-0.4, -0.2) is 38.4 Å². The number of hydrogen-bond donors (Lipinski definition) is 0. The maximum absolute atomic E-state index is 13.0. The number of hydrogen-bond acceptors (Lipinski definition) is 3. The summed E-state index contributed by atoms with van der Waals surface area (Å²) in [4.78, 5) is 23.7. The van der Waals surface area contributed by atoms with Gasteiger partial charge in [0.1, 0.15) is 11.5 Å². The van der Waals surface area contributed by atoms with E-state index in [1.807, 2.05) is 41.4 Å². The highest BCUT2D eigenvalue weighted by molar-refractivity contribution is 6.05. The third-order valence-electron chi connectivity index (χ3n) is 5.79. The minimum Gasteiger partial charge on any atom is -0.337 e. The first-order chi connectivity index (χ1) is 13.1. The lowest BCUT2D eigenvalue weighted by Crippen LogP contribution is -2.39. The van der Waals surface area contributed by atoms with Crippen LogP contribution < -0.4 is 0 Å². The van der Waals surface area contributed by atoms with Crippen LogP contribution in [0.4, 0.5) is 0 Å². The van der Waals surface area contributed by atoms with E-state index in [4.69, 9.17) is 0 Å². The zero-order valence-electron chi connectivity index (χ0n) is 16.1. The average Bonchev–Trinajstić information content (AvgIpc) is 3.03. The van der Waals surface area contributed by atoms with Gasteiger partial charge in [-0.2, -0.15) is 0 Å². The number of carbonyl (C=O) groups excluding carboxylic acids is 1. The molecule has 5 heteroatoms. The predicted molar refractivity (Wildman–Crippen MR) is 107 cm³/mol. The second-order valence-electron chi connectivity index (χ2n) is 7.50. The van der Waals surface area contributed by atoms with Crippen molar-refractivity contribution in [3.05, 3.63) is 59.9 Å². The predicted octanol–water partition coefficient (Wildman–Crippen LogP) is 3.99. The van der Waals surface area contributed by atoms with E-state index in [-0.39, 0.29) is 5.91 Å². The van der Waals surface area contributed by atoms with E-state index in [1.165, 1.54) is 5.69 Å². The Morgan fingerprint density at radius 2 is 1.89 bits per heavy atom. The molecule has 27 heavy (non-hydrogen) atoms. The average molecular weight is 362 g/mol. The number of piperidine rings is 1. The lowest BCUT2D eigenvalue weighted by molar-refractivity contribution is 0.0681. The second kappa shape index (κ2) is 7.51. The highest BCUT2D eigenvalue weighted by Gasteiger charge is 2.25. The Hall–Kier alpha value is -2.69. The van der Waals surface area contributed by atoms with Gasteiger partial charge in [-0.3, -0.25) is 9.78 Å². The summed E-state index contributed by atoms with van der Waals surface area (Å²) < 4.78 is 2.29. The van der Waals surface area contributed by atoms with Gasteiger partial charge in [-0.1, -0.05) is 24.3 Å². The second-order valence-corrected chi connectivity index (χ2v) is 7.50. The van der Waals surface area contributed by atoms with Gasteiger partial charge in [0.15, 0.2) is 0 Å². The number of imidazole rings is 1. The molecular weight excluding hydrogens is 336 g/mol. The molecular formula is C22H26N4O. The maximum atomic E-state index is 13.0. The van der Waals surface area contributed by atoms with E-state index in [9.17, 15) is 4.79 Å². The summed E-state index contributed by atoms with van der Waals surface area (Å²) in [6, 6.07) is 9.93. The van der Waals surface area contributed by atoms with Crippen molar-refractivity contribution < 1.29 is 4.79 Å². The van der Waals surface area contributed by atoms with Crippen molar-refractivity contribution in [3.63, 3.8) is 0 Å². The molecule has 1 aromatic carbocycles. The van der Waals surface area contributed by atoms with Crippen molar-refractivity contribution in [2.75, 3.05) is 13.1 Å². The quantitative estimate of drug-likeness (QED) is 0.705. The zero-order chi connectivity index (χ0) is 18.8. The number of aryl methyl sites for hydroxylation is 2. The van der Waals surface area contributed by atoms with Crippen LogP contribution in [-0.2, 0) is 6.54 Å². The number of carbonyl (C=O) groups is 1. The molecule has 3 aromatic rings. The third kappa shape index (κ3) is 3.59. The molecule has 5 nitrogen and oxygen atoms in total. The van der Waals surface area contributed by atoms with Crippen molar-refractivity contribution in [2.45, 2.75) is 39.7 Å². The molecule has 0 spiro atoms. The first-order valence-corrected chi connectivity index (χ1v) is 9.75. The van der Waals surface area contributed by atoms with Gasteiger partial charge in [-0.25, -0.2) is 4.98 Å². The molecule has 1 amide bonds. The molecule has 3 heterocycles. The SMILES string of the molecule is Cc1cnc(C)n1CCC1CCN(C(=O)c2nccc3ccccc23)CC1. The molecule has 0 aliphatic carbocycles. The van der Waals surface area contributed by atoms with Crippen molar-refractivity contribution in [1.82, 2.24) is 19.4 Å². The summed E-state index contributed by atoms with van der Waals surface area (Å²) in [5.41, 5.74) is 1.80. The van der Waals surface area contributed by atoms with Crippen LogP contribution in [0.25, 0.3) is 10.8 Å². The van der Waals surface area contributed by atoms with Gasteiger partial charge in [0.05, 0.1) is 0 Å². The molecule has 4 rings (SSSR count). The van der Waals surface area contributed by atoms with Crippen molar-refractivity contribution in [3.8, 4) is 0 Å². The summed E-state index contributed by atoms with van der Waals surface area (Å²) >= 11 is 0. The van der Waals surface area contributed by atoms with E-state index in [0.29, 0.717) is 11.6 Å². The summed E-state index contributed by atoms with van der Waals surface area (Å²) in [6.07, 6.45) is 6.94. The summed E-state index contributed by atoms with van der Waals surface area (Å²) in [5.74, 6) is 1.81. The Kier molecular flexibility index (Phi) is 4.92. The van der Waals surface area contributed by atoms with Crippen molar-refractivity contribution >= 4 is 16.7 Å². The molecule has 1 fully saturated rings. The number of aromatic nitrogens is 3. The molecule has 2 aromatic heterocycles. The standard InChI is InChI=1S/C22H26N4O/c1-16-15-24-17(2)26(16)14-10-18-8-12-25(13-9-18)22(27)21-20-6-4-3-5-19(20)7-11-23-21/h3-7,11,15,18H,8-10,12-14H2,1-2H3. The topological polar surface area (TPSA) is 51.0 Å². The van der Waals surface area contributed by atoms with E-state index in [1.54, 1.807) is 6.20 Å². The fourth-order valence-corrected chi connectivity index (χ4v) is 4.10. The van der Waals surface area contributed by atoms with Crippen LogP contribution in [0.5, 0.6) is 0 Å². The van der Waals surface area contributed by atoms with Crippen LogP contribution in [0.3, 0.4) is 0 Å². The number of amides is 1. The van der Waals surface area contributed by atoms with E-state index in [0.717, 1.165) is 55.5 Å². The maximum Gasteiger partial charge on any atom is 0.273 e. The van der Waals surface area contributed by atoms with E-state index in [2.05, 4.69) is 28.4 Å². The van der Waals surface area contributed by atoms with Gasteiger partial charge in [0, 0.05) is 43.1 Å². The first kappa shape index (κ1) is 17.7. The minimum atomic E-state index is 0.0616. The number of likely N-dealkylation sites (tertiary alicyclic amines) is 1. The summed E-state index contributed by atoms with van der Waals surface area (Å²) in [7, 11) is 0. The third-order valence-corrected chi connectivity index (χ3v) is 5.79. The Morgan fingerprint density at radius 1 is 1.11 bits per heavy atom. The largest absolute Gasteiger partial charge is 0.337 e. The highest BCUT2D eigenvalue weighted by atomic mass is 16.2. The van der Waals surface area contributed by atoms with Crippen LogP contribution in [0, 0.1) is 19.8 Å². The molecule has 0 bridgehead atoms. The molecule has 1 aliphatic rings. The lowest BCUT2D eigenvalue weighted by Gasteiger charge is -2.32. The molecule has 140 valence electrons. The fraction of sp³-hybridized carbons (Fsp3) is 0.409. The molecule has 0 radical (unpaired) electrons. The van der Waals surface area contributed by atoms with Gasteiger partial charge in [0.25, 0.3) is 5.91 Å². The summed E-state index contributed by atoms with van der Waals surface area (Å²) in [6.45, 7) is 6.82. The zero-order valence-corrected chi connectivity index (χ0v) is 16.1. The lowest BCUT2D eigenvalue weighted by atomic mass is 9.93. The van der Waals surface area contributed by atoms with Crippen molar-refractivity contribution in [1.29, 1.82) is 0 Å². The van der Waals surface area contributed by atoms with Crippen LogP contribution >= 0.6 is 0 Å². The number of benzene rings is 1. The van der Waals surface area contributed by atoms with Crippen LogP contribution in [0.2, 0.25) is 0 Å². The molecule has 0 N–H and O–H groups in total. The van der Waals surface area contributed by atoms with Gasteiger partial charge < -0.3 is 9.47 Å². The van der Waals surface area contributed by atoms with Crippen LogP contribution in [0.1, 0.15) is 41.3 Å². The number of fused-ring (bicyclic) bond motifs is 1. The fourth-order valence-electron chi connectivity index (χ4n) is 4.10. The number of nitrogens with zero attached hydrogens (tertiary/aromatic N) is 4. The molecule has 0 unspecified atom stereocenters. The Bertz CT molecular complexity index is 929. The molecule has 1 aliphatic heterocycles. The molecule has 1 saturated heterocycles. The normalized spacial score (nSPS) is 15.4. The highest BCUT2D eigenvalue weighted by Crippen LogP contribution is 2.24. The Morgan fingerprint density at radius 3 is 2.63 bits per heavy atom. The van der Waals surface area contributed by atoms with E-state index < -0.39 is 0 Å². The molecule has 0 saturated carbocycles. The Labute approximate surface area is 160 Å². The Balaban J connectivity index is 1.38. The van der Waals surface area contributed by atoms with E-state index >= 15 is 0 Å². The smallest absolute Gasteiger partial charge is 0.273 e. The number of rotatable bonds is 4. The molecule has 0 atom stereocenters. The van der Waals surface area contributed by atoms with Gasteiger partial charge in [-0.05, 0) is 50.5 Å². The monoisotopic (exact) mass is 362 g/mol. The van der Waals surface area contributed by atoms with Gasteiger partial charge in [-0.15, -0.1) is 0 Å². The first-order valence-electron chi connectivity index (χ1n) is 9.75.